The van der Waals surface area contributed by atoms with Crippen LogP contribution in [0.5, 0.6) is 5.75 Å². The molecular weight excluding hydrogens is 1030 g/mol. The molecule has 1 atom stereocenters. The molecule has 3 saturated heterocycles. The zero-order valence-electron chi connectivity index (χ0n) is 42.6. The van der Waals surface area contributed by atoms with Crippen molar-refractivity contribution in [2.75, 3.05) is 80.1 Å². The van der Waals surface area contributed by atoms with Crippen LogP contribution in [0.1, 0.15) is 72.1 Å². The molecule has 19 heteroatoms. The summed E-state index contributed by atoms with van der Waals surface area (Å²) >= 11 is 3.65. The van der Waals surface area contributed by atoms with Crippen LogP contribution in [0.3, 0.4) is 0 Å². The summed E-state index contributed by atoms with van der Waals surface area (Å²) in [7, 11) is 0.893. The number of piperidine rings is 2. The number of imide groups is 2. The number of carbonyl (C=O) groups is 4. The Morgan fingerprint density at radius 3 is 2.19 bits per heavy atom. The topological polar surface area (TPSA) is 187 Å². The molecule has 6 heterocycles. The Morgan fingerprint density at radius 2 is 1.49 bits per heavy atom. The summed E-state index contributed by atoms with van der Waals surface area (Å²) in [5.74, 6) is -0.420. The van der Waals surface area contributed by atoms with Crippen molar-refractivity contribution in [2.24, 2.45) is 12.5 Å². The molecule has 4 aliphatic heterocycles. The maximum absolute atomic E-state index is 13.7. The average Bonchev–Trinajstić information content (AvgIpc) is 3.96. The summed E-state index contributed by atoms with van der Waals surface area (Å²) in [5.41, 5.74) is 8.37. The van der Waals surface area contributed by atoms with Crippen molar-refractivity contribution < 1.29 is 28.5 Å². The third-order valence-electron chi connectivity index (χ3n) is 16.1. The van der Waals surface area contributed by atoms with Crippen molar-refractivity contribution in [3.63, 3.8) is 0 Å². The van der Waals surface area contributed by atoms with Crippen LogP contribution in [0.15, 0.2) is 102 Å². The standard InChI is InChI=1S/C56H61BrN11O6P/c1-64-34-37(32-59-64)41-30-45(61-55-58-33-43(57)51(63-55)60-44-13-10-36(28-49(44)75(3,4)73)35-8-6-5-7-9-35)48(74-2)31-47(41)67-22-20-56(21-23-67)18-16-38(17-19-56)65-24-26-66(27-25-65)39-11-12-40-42(29-39)54(72)68(53(40)71)46-14-15-50(69)62-52(46)70/h5-13,28-34,38,46H,14-27H2,1-4H3,(H,62,69,70)(H2,58,60,61,63). The van der Waals surface area contributed by atoms with Crippen LogP contribution in [0.2, 0.25) is 0 Å². The Labute approximate surface area is 444 Å². The van der Waals surface area contributed by atoms with E-state index in [0.717, 1.165) is 109 Å². The van der Waals surface area contributed by atoms with Gasteiger partial charge in [-0.1, -0.05) is 36.4 Å². The van der Waals surface area contributed by atoms with Crippen molar-refractivity contribution in [1.82, 2.24) is 34.9 Å². The van der Waals surface area contributed by atoms with Gasteiger partial charge in [0.2, 0.25) is 17.8 Å². The highest BCUT2D eigenvalue weighted by molar-refractivity contribution is 9.10. The molecule has 2 aromatic heterocycles. The van der Waals surface area contributed by atoms with Gasteiger partial charge in [-0.15, -0.1) is 0 Å². The van der Waals surface area contributed by atoms with Crippen molar-refractivity contribution in [1.29, 1.82) is 0 Å². The van der Waals surface area contributed by atoms with Crippen LogP contribution < -0.4 is 35.8 Å². The second kappa shape index (κ2) is 20.3. The lowest BCUT2D eigenvalue weighted by atomic mass is 9.66. The minimum absolute atomic E-state index is 0.0898. The lowest BCUT2D eigenvalue weighted by Crippen LogP contribution is -2.54. The number of rotatable bonds is 12. The zero-order chi connectivity index (χ0) is 52.2. The lowest BCUT2D eigenvalue weighted by Gasteiger charge is -2.49. The Bertz CT molecular complexity index is 3260. The van der Waals surface area contributed by atoms with Gasteiger partial charge < -0.3 is 29.7 Å². The fourth-order valence-corrected chi connectivity index (χ4v) is 13.3. The van der Waals surface area contributed by atoms with Crippen LogP contribution >= 0.6 is 23.1 Å². The van der Waals surface area contributed by atoms with Crippen LogP contribution in [-0.4, -0.2) is 125 Å². The Morgan fingerprint density at radius 1 is 0.747 bits per heavy atom. The number of hydrogen-bond acceptors (Lipinski definition) is 14. The van der Waals surface area contributed by atoms with Gasteiger partial charge >= 0.3 is 0 Å². The molecule has 4 fully saturated rings. The SMILES string of the molecule is COc1cc(N2CCC3(CCC(N4CCN(c5ccc6c(c5)C(=O)N(C5CCC(=O)NC5=O)C6=O)CC4)CC3)CC2)c(-c2cnn(C)c2)cc1Nc1ncc(Br)c(Nc2ccc(-c3ccccc3)cc2P(C)(C)=O)n1. The van der Waals surface area contributed by atoms with Gasteiger partial charge in [-0.05, 0) is 127 Å². The van der Waals surface area contributed by atoms with Crippen LogP contribution in [0.4, 0.5) is 34.5 Å². The number of halogens is 1. The molecule has 388 valence electrons. The van der Waals surface area contributed by atoms with E-state index >= 15 is 0 Å². The van der Waals surface area contributed by atoms with Crippen molar-refractivity contribution in [2.45, 2.75) is 63.5 Å². The quantitative estimate of drug-likeness (QED) is 0.0780. The van der Waals surface area contributed by atoms with E-state index in [-0.39, 0.29) is 18.7 Å². The van der Waals surface area contributed by atoms with Gasteiger partial charge in [0, 0.05) is 105 Å². The number of aromatic nitrogens is 4. The van der Waals surface area contributed by atoms with E-state index in [1.54, 1.807) is 38.8 Å². The minimum atomic E-state index is -2.71. The molecule has 75 heavy (non-hydrogen) atoms. The van der Waals surface area contributed by atoms with Gasteiger partial charge in [-0.2, -0.15) is 10.1 Å². The van der Waals surface area contributed by atoms with Crippen LogP contribution in [0.25, 0.3) is 22.3 Å². The van der Waals surface area contributed by atoms with Crippen molar-refractivity contribution in [3.05, 3.63) is 113 Å². The molecule has 4 aromatic carbocycles. The summed E-state index contributed by atoms with van der Waals surface area (Å²) in [6.07, 6.45) is 12.8. The highest BCUT2D eigenvalue weighted by atomic mass is 79.9. The highest BCUT2D eigenvalue weighted by Gasteiger charge is 2.45. The number of benzene rings is 4. The zero-order valence-corrected chi connectivity index (χ0v) is 45.1. The van der Waals surface area contributed by atoms with Crippen LogP contribution in [-0.2, 0) is 21.2 Å². The number of carbonyl (C=O) groups excluding carboxylic acids is 4. The minimum Gasteiger partial charge on any atom is -0.494 e. The molecule has 1 aliphatic carbocycles. The summed E-state index contributed by atoms with van der Waals surface area (Å²) in [5, 5.41) is 14.4. The molecule has 1 saturated carbocycles. The first-order chi connectivity index (χ1) is 36.1. The van der Waals surface area contributed by atoms with Crippen molar-refractivity contribution in [3.8, 4) is 28.0 Å². The largest absolute Gasteiger partial charge is 0.494 e. The van der Waals surface area contributed by atoms with Gasteiger partial charge in [-0.3, -0.25) is 39.0 Å². The second-order valence-corrected chi connectivity index (χ2v) is 25.0. The van der Waals surface area contributed by atoms with Crippen LogP contribution in [0, 0.1) is 5.41 Å². The highest BCUT2D eigenvalue weighted by Crippen LogP contribution is 2.49. The molecule has 11 rings (SSSR count). The summed E-state index contributed by atoms with van der Waals surface area (Å²) < 4.78 is 22.2. The number of nitrogens with one attached hydrogen (secondary N) is 3. The first-order valence-electron chi connectivity index (χ1n) is 25.8. The Balaban J connectivity index is 0.735. The molecule has 4 amide bonds. The van der Waals surface area contributed by atoms with Gasteiger partial charge in [0.15, 0.2) is 0 Å². The number of fused-ring (bicyclic) bond motifs is 1. The van der Waals surface area contributed by atoms with E-state index in [4.69, 9.17) is 9.72 Å². The predicted octanol–water partition coefficient (Wildman–Crippen LogP) is 8.80. The van der Waals surface area contributed by atoms with E-state index in [2.05, 4.69) is 68.8 Å². The van der Waals surface area contributed by atoms with E-state index in [1.165, 1.54) is 12.8 Å². The summed E-state index contributed by atoms with van der Waals surface area (Å²) in [6, 6.07) is 25.2. The molecule has 1 spiro atoms. The fraction of sp³-hybridized carbons (Fsp3) is 0.375. The summed E-state index contributed by atoms with van der Waals surface area (Å²) in [4.78, 5) is 69.1. The Kier molecular flexibility index (Phi) is 13.6. The number of nitrogens with zero attached hydrogens (tertiary/aromatic N) is 8. The normalized spacial score (nSPS) is 19.4. The van der Waals surface area contributed by atoms with Gasteiger partial charge in [0.1, 0.15) is 24.8 Å². The van der Waals surface area contributed by atoms with Crippen molar-refractivity contribution >= 4 is 86.5 Å². The molecule has 1 unspecified atom stereocenters. The molecular formula is C56H61BrN11O6P. The first-order valence-corrected chi connectivity index (χ1v) is 29.2. The van der Waals surface area contributed by atoms with Gasteiger partial charge in [0.25, 0.3) is 11.8 Å². The van der Waals surface area contributed by atoms with E-state index in [1.807, 2.05) is 78.7 Å². The number of anilines is 6. The predicted molar refractivity (Wildman–Crippen MR) is 295 cm³/mol. The summed E-state index contributed by atoms with van der Waals surface area (Å²) in [6.45, 7) is 8.87. The van der Waals surface area contributed by atoms with E-state index in [9.17, 15) is 23.7 Å². The molecule has 5 aliphatic rings. The van der Waals surface area contributed by atoms with Gasteiger partial charge in [-0.25, -0.2) is 4.98 Å². The van der Waals surface area contributed by atoms with E-state index < -0.39 is 30.9 Å². The average molecular weight is 1100 g/mol. The smallest absolute Gasteiger partial charge is 0.262 e. The number of piperazine rings is 1. The monoisotopic (exact) mass is 1090 g/mol. The number of amides is 4. The molecule has 0 bridgehead atoms. The Hall–Kier alpha value is -6.88. The number of hydrogen-bond donors (Lipinski definition) is 3. The van der Waals surface area contributed by atoms with E-state index in [0.29, 0.717) is 55.9 Å². The number of ether oxygens (including phenoxy) is 1. The maximum atomic E-state index is 13.7. The molecule has 3 N–H and O–H groups in total. The molecule has 0 radical (unpaired) electrons. The number of aryl methyl sites for hydroxylation is 1. The molecule has 17 nitrogen and oxygen atoms in total. The third kappa shape index (κ3) is 10.1. The molecule has 6 aromatic rings. The third-order valence-corrected chi connectivity index (χ3v) is 18.2. The second-order valence-electron chi connectivity index (χ2n) is 21.0. The number of methoxy groups -OCH3 is 1. The first kappa shape index (κ1) is 50.3. The fourth-order valence-electron chi connectivity index (χ4n) is 11.8. The maximum Gasteiger partial charge on any atom is 0.262 e. The lowest BCUT2D eigenvalue weighted by molar-refractivity contribution is -0.136. The van der Waals surface area contributed by atoms with Gasteiger partial charge in [0.05, 0.1) is 40.3 Å².